The molecule has 1 aromatic carbocycles. The monoisotopic (exact) mass is 200 g/mol. The number of nitrogens with zero attached hydrogens (tertiary/aromatic N) is 1. The van der Waals surface area contributed by atoms with E-state index in [4.69, 9.17) is 0 Å². The molecule has 0 aliphatic rings. The summed E-state index contributed by atoms with van der Waals surface area (Å²) >= 11 is 0. The third-order valence-electron chi connectivity index (χ3n) is 2.60. The zero-order chi connectivity index (χ0) is 10.7. The summed E-state index contributed by atoms with van der Waals surface area (Å²) in [6.07, 6.45) is 4.09. The topological polar surface area (TPSA) is 28.7 Å². The molecule has 1 heterocycles. The predicted molar refractivity (Wildman–Crippen MR) is 62.8 cm³/mol. The minimum Gasteiger partial charge on any atom is -0.348 e. The zero-order valence-electron chi connectivity index (χ0n) is 9.25. The van der Waals surface area contributed by atoms with Gasteiger partial charge in [-0.15, -0.1) is 0 Å². The largest absolute Gasteiger partial charge is 0.348 e. The van der Waals surface area contributed by atoms with Crippen molar-refractivity contribution in [2.24, 2.45) is 0 Å². The van der Waals surface area contributed by atoms with Crippen LogP contribution in [0, 0.1) is 6.92 Å². The predicted octanol–water partition coefficient (Wildman–Crippen LogP) is 3.34. The summed E-state index contributed by atoms with van der Waals surface area (Å²) in [4.78, 5) is 7.40. The average Bonchev–Trinajstić information content (AvgIpc) is 2.66. The van der Waals surface area contributed by atoms with Crippen molar-refractivity contribution in [3.05, 3.63) is 41.9 Å². The molecule has 0 radical (unpaired) electrons. The number of benzene rings is 1. The molecule has 0 saturated carbocycles. The highest BCUT2D eigenvalue weighted by Crippen LogP contribution is 2.20. The van der Waals surface area contributed by atoms with E-state index in [1.165, 1.54) is 17.5 Å². The SMILES string of the molecule is CCCc1ccc(-c2nc[nH]c2C)cc1. The fourth-order valence-electron chi connectivity index (χ4n) is 1.77. The zero-order valence-corrected chi connectivity index (χ0v) is 9.25. The van der Waals surface area contributed by atoms with Crippen molar-refractivity contribution in [3.63, 3.8) is 0 Å². The average molecular weight is 200 g/mol. The maximum absolute atomic E-state index is 4.31. The number of aryl methyl sites for hydroxylation is 2. The van der Waals surface area contributed by atoms with Gasteiger partial charge in [-0.1, -0.05) is 37.6 Å². The Morgan fingerprint density at radius 1 is 1.20 bits per heavy atom. The molecule has 2 rings (SSSR count). The van der Waals surface area contributed by atoms with Gasteiger partial charge in [-0.2, -0.15) is 0 Å². The molecule has 0 spiro atoms. The minimum atomic E-state index is 1.05. The molecule has 1 N–H and O–H groups in total. The summed E-state index contributed by atoms with van der Waals surface area (Å²) in [5.74, 6) is 0. The summed E-state index contributed by atoms with van der Waals surface area (Å²) < 4.78 is 0. The van der Waals surface area contributed by atoms with Gasteiger partial charge in [0.1, 0.15) is 0 Å². The van der Waals surface area contributed by atoms with E-state index < -0.39 is 0 Å². The quantitative estimate of drug-likeness (QED) is 0.808. The molecule has 0 amide bonds. The number of hydrogen-bond acceptors (Lipinski definition) is 1. The van der Waals surface area contributed by atoms with E-state index in [9.17, 15) is 0 Å². The number of aromatic amines is 1. The highest BCUT2D eigenvalue weighted by molar-refractivity contribution is 5.61. The molecular formula is C13H16N2. The fraction of sp³-hybridized carbons (Fsp3) is 0.308. The molecule has 2 nitrogen and oxygen atoms in total. The maximum atomic E-state index is 4.31. The van der Waals surface area contributed by atoms with Crippen LogP contribution in [0.15, 0.2) is 30.6 Å². The van der Waals surface area contributed by atoms with Crippen molar-refractivity contribution in [2.75, 3.05) is 0 Å². The van der Waals surface area contributed by atoms with E-state index in [-0.39, 0.29) is 0 Å². The summed E-state index contributed by atoms with van der Waals surface area (Å²) in [5.41, 5.74) is 4.76. The third kappa shape index (κ3) is 2.09. The lowest BCUT2D eigenvalue weighted by Gasteiger charge is -2.01. The first-order valence-corrected chi connectivity index (χ1v) is 5.40. The Morgan fingerprint density at radius 2 is 1.93 bits per heavy atom. The number of rotatable bonds is 3. The number of hydrogen-bond donors (Lipinski definition) is 1. The summed E-state index contributed by atoms with van der Waals surface area (Å²) in [6.45, 7) is 4.24. The number of H-pyrrole nitrogens is 1. The van der Waals surface area contributed by atoms with Crippen LogP contribution in [-0.2, 0) is 6.42 Å². The Morgan fingerprint density at radius 3 is 2.47 bits per heavy atom. The van der Waals surface area contributed by atoms with Crippen molar-refractivity contribution < 1.29 is 0 Å². The molecule has 0 aliphatic carbocycles. The summed E-state index contributed by atoms with van der Waals surface area (Å²) in [7, 11) is 0. The summed E-state index contributed by atoms with van der Waals surface area (Å²) in [5, 5.41) is 0. The minimum absolute atomic E-state index is 1.05. The van der Waals surface area contributed by atoms with Crippen LogP contribution in [-0.4, -0.2) is 9.97 Å². The van der Waals surface area contributed by atoms with Gasteiger partial charge in [0, 0.05) is 11.3 Å². The van der Waals surface area contributed by atoms with Gasteiger partial charge in [-0.25, -0.2) is 4.98 Å². The molecule has 0 fully saturated rings. The molecular weight excluding hydrogens is 184 g/mol. The van der Waals surface area contributed by atoms with Crippen LogP contribution in [0.25, 0.3) is 11.3 Å². The van der Waals surface area contributed by atoms with E-state index in [1.54, 1.807) is 6.33 Å². The second kappa shape index (κ2) is 4.30. The van der Waals surface area contributed by atoms with E-state index in [2.05, 4.69) is 41.2 Å². The molecule has 1 aromatic heterocycles. The van der Waals surface area contributed by atoms with Gasteiger partial charge in [-0.3, -0.25) is 0 Å². The molecule has 0 bridgehead atoms. The van der Waals surface area contributed by atoms with Crippen molar-refractivity contribution in [3.8, 4) is 11.3 Å². The first kappa shape index (κ1) is 9.97. The van der Waals surface area contributed by atoms with Crippen molar-refractivity contribution in [2.45, 2.75) is 26.7 Å². The molecule has 2 aromatic rings. The van der Waals surface area contributed by atoms with Gasteiger partial charge < -0.3 is 4.98 Å². The highest BCUT2D eigenvalue weighted by Gasteiger charge is 2.03. The van der Waals surface area contributed by atoms with Gasteiger partial charge in [0.05, 0.1) is 12.0 Å². The molecule has 0 saturated heterocycles. The lowest BCUT2D eigenvalue weighted by atomic mass is 10.1. The normalized spacial score (nSPS) is 10.5. The standard InChI is InChI=1S/C13H16N2/c1-3-4-11-5-7-12(8-6-11)13-10(2)14-9-15-13/h5-9H,3-4H2,1-2H3,(H,14,15). The maximum Gasteiger partial charge on any atom is 0.0929 e. The van der Waals surface area contributed by atoms with E-state index in [0.29, 0.717) is 0 Å². The van der Waals surface area contributed by atoms with E-state index in [0.717, 1.165) is 17.8 Å². The van der Waals surface area contributed by atoms with Crippen LogP contribution < -0.4 is 0 Å². The molecule has 78 valence electrons. The Bertz CT molecular complexity index is 426. The van der Waals surface area contributed by atoms with E-state index >= 15 is 0 Å². The van der Waals surface area contributed by atoms with Gasteiger partial charge in [0.2, 0.25) is 0 Å². The number of nitrogens with one attached hydrogen (secondary N) is 1. The lowest BCUT2D eigenvalue weighted by Crippen LogP contribution is -1.85. The lowest BCUT2D eigenvalue weighted by molar-refractivity contribution is 0.922. The fourth-order valence-corrected chi connectivity index (χ4v) is 1.77. The van der Waals surface area contributed by atoms with E-state index in [1.807, 2.05) is 6.92 Å². The van der Waals surface area contributed by atoms with Gasteiger partial charge in [0.25, 0.3) is 0 Å². The Labute approximate surface area is 90.4 Å². The Kier molecular flexibility index (Phi) is 2.86. The number of aromatic nitrogens is 2. The van der Waals surface area contributed by atoms with Crippen molar-refractivity contribution in [1.82, 2.24) is 9.97 Å². The van der Waals surface area contributed by atoms with Crippen LogP contribution in [0.5, 0.6) is 0 Å². The van der Waals surface area contributed by atoms with Crippen LogP contribution in [0.3, 0.4) is 0 Å². The van der Waals surface area contributed by atoms with Crippen LogP contribution >= 0.6 is 0 Å². The molecule has 0 aliphatic heterocycles. The Balaban J connectivity index is 2.28. The van der Waals surface area contributed by atoms with Crippen LogP contribution in [0.2, 0.25) is 0 Å². The smallest absolute Gasteiger partial charge is 0.0929 e. The third-order valence-corrected chi connectivity index (χ3v) is 2.60. The second-order valence-electron chi connectivity index (χ2n) is 3.82. The van der Waals surface area contributed by atoms with Crippen molar-refractivity contribution >= 4 is 0 Å². The first-order valence-electron chi connectivity index (χ1n) is 5.40. The van der Waals surface area contributed by atoms with Gasteiger partial charge in [0.15, 0.2) is 0 Å². The molecule has 0 atom stereocenters. The van der Waals surface area contributed by atoms with Gasteiger partial charge >= 0.3 is 0 Å². The van der Waals surface area contributed by atoms with Gasteiger partial charge in [-0.05, 0) is 18.9 Å². The van der Waals surface area contributed by atoms with Crippen LogP contribution in [0.4, 0.5) is 0 Å². The Hall–Kier alpha value is -1.57. The number of imidazole rings is 1. The molecule has 2 heteroatoms. The molecule has 0 unspecified atom stereocenters. The first-order chi connectivity index (χ1) is 7.31. The van der Waals surface area contributed by atoms with Crippen LogP contribution in [0.1, 0.15) is 24.6 Å². The second-order valence-corrected chi connectivity index (χ2v) is 3.82. The van der Waals surface area contributed by atoms with Crippen molar-refractivity contribution in [1.29, 1.82) is 0 Å². The summed E-state index contributed by atoms with van der Waals surface area (Å²) in [6, 6.07) is 8.67. The molecule has 15 heavy (non-hydrogen) atoms. The highest BCUT2D eigenvalue weighted by atomic mass is 14.9.